The van der Waals surface area contributed by atoms with Crippen LogP contribution in [-0.4, -0.2) is 35.2 Å². The van der Waals surface area contributed by atoms with Crippen molar-refractivity contribution in [1.29, 1.82) is 0 Å². The SMILES string of the molecule is COc1ccc(C)cc1NC(=O)CNC(=O)c1cc2c(C)nn(Cc3ccc(F)cc3)c2s1. The van der Waals surface area contributed by atoms with Gasteiger partial charge in [0, 0.05) is 5.39 Å². The Kier molecular flexibility index (Phi) is 6.41. The van der Waals surface area contributed by atoms with Gasteiger partial charge in [0.25, 0.3) is 5.91 Å². The van der Waals surface area contributed by atoms with Crippen LogP contribution >= 0.6 is 11.3 Å². The number of hydrogen-bond acceptors (Lipinski definition) is 5. The molecule has 0 bridgehead atoms. The van der Waals surface area contributed by atoms with Gasteiger partial charge >= 0.3 is 0 Å². The number of fused-ring (bicyclic) bond motifs is 1. The van der Waals surface area contributed by atoms with Gasteiger partial charge < -0.3 is 15.4 Å². The summed E-state index contributed by atoms with van der Waals surface area (Å²) in [7, 11) is 1.53. The number of nitrogens with zero attached hydrogens (tertiary/aromatic N) is 2. The van der Waals surface area contributed by atoms with E-state index in [0.717, 1.165) is 27.0 Å². The highest BCUT2D eigenvalue weighted by atomic mass is 32.1. The Labute approximate surface area is 194 Å². The van der Waals surface area contributed by atoms with Crippen LogP contribution in [0.2, 0.25) is 0 Å². The lowest BCUT2D eigenvalue weighted by Gasteiger charge is -2.11. The first-order chi connectivity index (χ1) is 15.8. The maximum Gasteiger partial charge on any atom is 0.261 e. The van der Waals surface area contributed by atoms with Crippen LogP contribution in [0.4, 0.5) is 10.1 Å². The van der Waals surface area contributed by atoms with Crippen molar-refractivity contribution in [2.75, 3.05) is 19.0 Å². The molecule has 0 aliphatic heterocycles. The fraction of sp³-hybridized carbons (Fsp3) is 0.208. The standard InChI is InChI=1S/C24H23FN4O3S/c1-14-4-9-20(32-3)19(10-14)27-22(30)12-26-23(31)21-11-18-15(2)28-29(24(18)33-21)13-16-5-7-17(25)8-6-16/h4-11H,12-13H2,1-3H3,(H,26,31)(H,27,30). The molecule has 2 amide bonds. The number of anilines is 1. The minimum atomic E-state index is -0.355. The third kappa shape index (κ3) is 5.04. The molecular formula is C24H23FN4O3S. The van der Waals surface area contributed by atoms with Crippen LogP contribution in [0.25, 0.3) is 10.2 Å². The summed E-state index contributed by atoms with van der Waals surface area (Å²) in [6, 6.07) is 13.5. The van der Waals surface area contributed by atoms with Crippen molar-refractivity contribution in [3.63, 3.8) is 0 Å². The average Bonchev–Trinajstić information content (AvgIpc) is 3.35. The molecule has 0 spiro atoms. The van der Waals surface area contributed by atoms with Crippen LogP contribution in [0.5, 0.6) is 5.75 Å². The number of thiophene rings is 1. The Hall–Kier alpha value is -3.72. The van der Waals surface area contributed by atoms with E-state index < -0.39 is 0 Å². The second kappa shape index (κ2) is 9.41. The number of nitrogens with one attached hydrogen (secondary N) is 2. The molecule has 2 heterocycles. The normalized spacial score (nSPS) is 10.9. The minimum absolute atomic E-state index is 0.176. The smallest absolute Gasteiger partial charge is 0.261 e. The van der Waals surface area contributed by atoms with Crippen LogP contribution in [0.15, 0.2) is 48.5 Å². The van der Waals surface area contributed by atoms with Crippen LogP contribution in [0.1, 0.15) is 26.5 Å². The predicted molar refractivity (Wildman–Crippen MR) is 127 cm³/mol. The molecule has 0 aliphatic carbocycles. The second-order valence-corrected chi connectivity index (χ2v) is 8.66. The number of methoxy groups -OCH3 is 1. The fourth-order valence-electron chi connectivity index (χ4n) is 3.46. The highest BCUT2D eigenvalue weighted by Gasteiger charge is 2.17. The molecular weight excluding hydrogens is 443 g/mol. The zero-order chi connectivity index (χ0) is 23.5. The molecule has 2 N–H and O–H groups in total. The lowest BCUT2D eigenvalue weighted by molar-refractivity contribution is -0.115. The van der Waals surface area contributed by atoms with Crippen molar-refractivity contribution in [3.05, 3.63) is 76.0 Å². The molecule has 7 nitrogen and oxygen atoms in total. The van der Waals surface area contributed by atoms with E-state index in [1.54, 1.807) is 35.0 Å². The van der Waals surface area contributed by atoms with Crippen LogP contribution in [0, 0.1) is 19.7 Å². The summed E-state index contributed by atoms with van der Waals surface area (Å²) in [5.74, 6) is -0.436. The largest absolute Gasteiger partial charge is 0.495 e. The highest BCUT2D eigenvalue weighted by Crippen LogP contribution is 2.29. The van der Waals surface area contributed by atoms with Gasteiger partial charge in [-0.1, -0.05) is 18.2 Å². The minimum Gasteiger partial charge on any atom is -0.495 e. The Morgan fingerprint density at radius 1 is 1.12 bits per heavy atom. The van der Waals surface area contributed by atoms with Gasteiger partial charge in [0.2, 0.25) is 5.91 Å². The Morgan fingerprint density at radius 3 is 2.61 bits per heavy atom. The summed E-state index contributed by atoms with van der Waals surface area (Å²) in [4.78, 5) is 26.4. The van der Waals surface area contributed by atoms with Gasteiger partial charge in [0.15, 0.2) is 0 Å². The van der Waals surface area contributed by atoms with E-state index in [1.165, 1.54) is 30.6 Å². The van der Waals surface area contributed by atoms with E-state index in [1.807, 2.05) is 19.9 Å². The zero-order valence-corrected chi connectivity index (χ0v) is 19.3. The first-order valence-corrected chi connectivity index (χ1v) is 11.1. The number of aryl methyl sites for hydroxylation is 2. The number of benzene rings is 2. The summed E-state index contributed by atoms with van der Waals surface area (Å²) in [5.41, 5.74) is 3.23. The molecule has 170 valence electrons. The van der Waals surface area contributed by atoms with Gasteiger partial charge in [0.05, 0.1) is 36.5 Å². The molecule has 0 unspecified atom stereocenters. The third-order valence-electron chi connectivity index (χ3n) is 5.12. The van der Waals surface area contributed by atoms with Crippen molar-refractivity contribution >= 4 is 39.1 Å². The second-order valence-electron chi connectivity index (χ2n) is 7.63. The number of carbonyl (C=O) groups excluding carboxylic acids is 2. The van der Waals surface area contributed by atoms with Crippen LogP contribution < -0.4 is 15.4 Å². The molecule has 0 saturated carbocycles. The first kappa shape index (κ1) is 22.5. The molecule has 0 aliphatic rings. The molecule has 4 rings (SSSR count). The average molecular weight is 467 g/mol. The number of aromatic nitrogens is 2. The first-order valence-electron chi connectivity index (χ1n) is 10.3. The Balaban J connectivity index is 1.43. The lowest BCUT2D eigenvalue weighted by Crippen LogP contribution is -2.32. The summed E-state index contributed by atoms with van der Waals surface area (Å²) in [6.45, 7) is 4.08. The van der Waals surface area contributed by atoms with Gasteiger partial charge in [-0.3, -0.25) is 14.3 Å². The topological polar surface area (TPSA) is 85.2 Å². The van der Waals surface area contributed by atoms with Crippen molar-refractivity contribution in [3.8, 4) is 5.75 Å². The van der Waals surface area contributed by atoms with E-state index in [4.69, 9.17) is 4.74 Å². The molecule has 0 radical (unpaired) electrons. The number of carbonyl (C=O) groups is 2. The molecule has 9 heteroatoms. The van der Waals surface area contributed by atoms with E-state index in [2.05, 4.69) is 15.7 Å². The maximum atomic E-state index is 13.2. The molecule has 2 aromatic heterocycles. The number of hydrogen-bond donors (Lipinski definition) is 2. The molecule has 0 saturated heterocycles. The Bertz CT molecular complexity index is 1330. The quantitative estimate of drug-likeness (QED) is 0.426. The molecule has 33 heavy (non-hydrogen) atoms. The van der Waals surface area contributed by atoms with Gasteiger partial charge in [-0.2, -0.15) is 5.10 Å². The Morgan fingerprint density at radius 2 is 1.88 bits per heavy atom. The van der Waals surface area contributed by atoms with Crippen molar-refractivity contribution in [2.24, 2.45) is 0 Å². The molecule has 2 aromatic carbocycles. The third-order valence-corrected chi connectivity index (χ3v) is 6.26. The van der Waals surface area contributed by atoms with Crippen LogP contribution in [0.3, 0.4) is 0 Å². The van der Waals surface area contributed by atoms with Crippen molar-refractivity contribution < 1.29 is 18.7 Å². The van der Waals surface area contributed by atoms with E-state index in [9.17, 15) is 14.0 Å². The summed E-state index contributed by atoms with van der Waals surface area (Å²) in [5, 5.41) is 10.8. The predicted octanol–water partition coefficient (Wildman–Crippen LogP) is 4.28. The van der Waals surface area contributed by atoms with Crippen LogP contribution in [-0.2, 0) is 11.3 Å². The molecule has 4 aromatic rings. The summed E-state index contributed by atoms with van der Waals surface area (Å²) in [6.07, 6.45) is 0. The molecule has 0 fully saturated rings. The van der Waals surface area contributed by atoms with E-state index >= 15 is 0 Å². The van der Waals surface area contributed by atoms with Crippen molar-refractivity contribution in [1.82, 2.24) is 15.1 Å². The number of halogens is 1. The summed E-state index contributed by atoms with van der Waals surface area (Å²) >= 11 is 1.30. The van der Waals surface area contributed by atoms with Crippen molar-refractivity contribution in [2.45, 2.75) is 20.4 Å². The summed E-state index contributed by atoms with van der Waals surface area (Å²) < 4.78 is 20.2. The lowest BCUT2D eigenvalue weighted by atomic mass is 10.2. The van der Waals surface area contributed by atoms with Gasteiger partial charge in [-0.05, 0) is 55.3 Å². The fourth-order valence-corrected chi connectivity index (χ4v) is 4.53. The molecule has 0 atom stereocenters. The van der Waals surface area contributed by atoms with E-state index in [-0.39, 0.29) is 24.2 Å². The number of amides is 2. The highest BCUT2D eigenvalue weighted by molar-refractivity contribution is 7.20. The van der Waals surface area contributed by atoms with Gasteiger partial charge in [-0.15, -0.1) is 11.3 Å². The maximum absolute atomic E-state index is 13.2. The number of ether oxygens (including phenoxy) is 1. The van der Waals surface area contributed by atoms with Gasteiger partial charge in [-0.25, -0.2) is 4.39 Å². The van der Waals surface area contributed by atoms with E-state index in [0.29, 0.717) is 22.9 Å². The monoisotopic (exact) mass is 466 g/mol. The van der Waals surface area contributed by atoms with Gasteiger partial charge in [0.1, 0.15) is 16.4 Å². The zero-order valence-electron chi connectivity index (χ0n) is 18.4. The number of rotatable bonds is 7.